The fraction of sp³-hybridized carbons (Fsp3) is 0.300. The van der Waals surface area contributed by atoms with Crippen LogP contribution in [0.2, 0.25) is 0 Å². The largest absolute Gasteiger partial charge is 0.342 e. The minimum absolute atomic E-state index is 0.0692. The molecule has 0 saturated heterocycles. The number of hydrogen-bond acceptors (Lipinski definition) is 5. The van der Waals surface area contributed by atoms with Gasteiger partial charge in [-0.15, -0.1) is 0 Å². The van der Waals surface area contributed by atoms with Gasteiger partial charge in [-0.25, -0.2) is 0 Å². The number of benzene rings is 1. The summed E-state index contributed by atoms with van der Waals surface area (Å²) in [6.45, 7) is 2.12. The second kappa shape index (κ2) is 5.21. The third kappa shape index (κ3) is 2.78. The summed E-state index contributed by atoms with van der Waals surface area (Å²) >= 11 is 0. The molecule has 1 amide bonds. The van der Waals surface area contributed by atoms with E-state index in [0.29, 0.717) is 6.54 Å². The first-order valence-corrected chi connectivity index (χ1v) is 5.06. The van der Waals surface area contributed by atoms with Crippen LogP contribution in [0.25, 0.3) is 0 Å². The average molecular weight is 253 g/mol. The molecule has 0 N–H and O–H groups in total. The number of carbonyl (C=O) groups excluding carboxylic acids is 1. The van der Waals surface area contributed by atoms with Gasteiger partial charge in [0.1, 0.15) is 0 Å². The van der Waals surface area contributed by atoms with Crippen LogP contribution in [0.1, 0.15) is 17.3 Å². The number of rotatable bonds is 4. The summed E-state index contributed by atoms with van der Waals surface area (Å²) in [6.07, 6.45) is 0. The van der Waals surface area contributed by atoms with Gasteiger partial charge in [-0.05, 0) is 6.92 Å². The van der Waals surface area contributed by atoms with Crippen LogP contribution in [0.5, 0.6) is 0 Å². The number of amides is 1. The van der Waals surface area contributed by atoms with Crippen LogP contribution in [0.15, 0.2) is 18.2 Å². The summed E-state index contributed by atoms with van der Waals surface area (Å²) in [6, 6.07) is 2.88. The van der Waals surface area contributed by atoms with E-state index in [9.17, 15) is 25.0 Å². The quantitative estimate of drug-likeness (QED) is 0.598. The molecule has 1 aromatic rings. The zero-order valence-corrected chi connectivity index (χ0v) is 9.82. The molecule has 0 aliphatic rings. The van der Waals surface area contributed by atoms with Gasteiger partial charge in [0.2, 0.25) is 0 Å². The molecule has 8 heteroatoms. The Balaban J connectivity index is 3.31. The number of non-ortho nitro benzene ring substituents is 2. The lowest BCUT2D eigenvalue weighted by molar-refractivity contribution is -0.394. The molecule has 0 aromatic heterocycles. The SMILES string of the molecule is CCN(C)C(=O)c1cc([N+](=O)[O-])cc([N+](=O)[O-])c1. The second-order valence-corrected chi connectivity index (χ2v) is 3.57. The lowest BCUT2D eigenvalue weighted by Gasteiger charge is -2.13. The predicted molar refractivity (Wildman–Crippen MR) is 62.4 cm³/mol. The number of nitro benzene ring substituents is 2. The van der Waals surface area contributed by atoms with E-state index in [2.05, 4.69) is 0 Å². The van der Waals surface area contributed by atoms with Crippen molar-refractivity contribution in [2.24, 2.45) is 0 Å². The highest BCUT2D eigenvalue weighted by molar-refractivity contribution is 5.95. The van der Waals surface area contributed by atoms with Crippen LogP contribution < -0.4 is 0 Å². The fourth-order valence-corrected chi connectivity index (χ4v) is 1.29. The van der Waals surface area contributed by atoms with E-state index in [0.717, 1.165) is 18.2 Å². The molecule has 0 heterocycles. The van der Waals surface area contributed by atoms with Crippen LogP contribution in [0, 0.1) is 20.2 Å². The van der Waals surface area contributed by atoms with Crippen molar-refractivity contribution in [2.45, 2.75) is 6.92 Å². The summed E-state index contributed by atoms with van der Waals surface area (Å²) < 4.78 is 0. The lowest BCUT2D eigenvalue weighted by atomic mass is 10.1. The van der Waals surface area contributed by atoms with Gasteiger partial charge in [-0.3, -0.25) is 25.0 Å². The summed E-state index contributed by atoms with van der Waals surface area (Å²) in [5.41, 5.74) is -1.02. The van der Waals surface area contributed by atoms with Gasteiger partial charge in [0.05, 0.1) is 21.5 Å². The van der Waals surface area contributed by atoms with Gasteiger partial charge >= 0.3 is 0 Å². The average Bonchev–Trinajstić information content (AvgIpc) is 2.36. The Labute approximate surface area is 102 Å². The van der Waals surface area contributed by atoms with E-state index in [-0.39, 0.29) is 5.56 Å². The van der Waals surface area contributed by atoms with Gasteiger partial charge in [0.25, 0.3) is 17.3 Å². The maximum atomic E-state index is 11.8. The van der Waals surface area contributed by atoms with Gasteiger partial charge in [-0.2, -0.15) is 0 Å². The number of hydrogen-bond donors (Lipinski definition) is 0. The minimum atomic E-state index is -0.768. The summed E-state index contributed by atoms with van der Waals surface area (Å²) in [4.78, 5) is 32.9. The van der Waals surface area contributed by atoms with E-state index in [1.807, 2.05) is 0 Å². The highest BCUT2D eigenvalue weighted by Crippen LogP contribution is 2.23. The van der Waals surface area contributed by atoms with Gasteiger partial charge < -0.3 is 4.90 Å². The Morgan fingerprint density at radius 2 is 1.61 bits per heavy atom. The van der Waals surface area contributed by atoms with Crippen molar-refractivity contribution < 1.29 is 14.6 Å². The molecule has 18 heavy (non-hydrogen) atoms. The van der Waals surface area contributed by atoms with Crippen molar-refractivity contribution in [3.63, 3.8) is 0 Å². The molecule has 0 radical (unpaired) electrons. The monoisotopic (exact) mass is 253 g/mol. The first-order chi connectivity index (χ1) is 8.36. The zero-order valence-electron chi connectivity index (χ0n) is 9.82. The van der Waals surface area contributed by atoms with Crippen LogP contribution >= 0.6 is 0 Å². The molecule has 0 unspecified atom stereocenters. The van der Waals surface area contributed by atoms with E-state index >= 15 is 0 Å². The van der Waals surface area contributed by atoms with Crippen LogP contribution in [-0.2, 0) is 0 Å². The Morgan fingerprint density at radius 3 is 1.94 bits per heavy atom. The molecule has 1 rings (SSSR count). The molecular weight excluding hydrogens is 242 g/mol. The van der Waals surface area contributed by atoms with Crippen molar-refractivity contribution in [2.75, 3.05) is 13.6 Å². The second-order valence-electron chi connectivity index (χ2n) is 3.57. The molecule has 8 nitrogen and oxygen atoms in total. The Kier molecular flexibility index (Phi) is 3.93. The van der Waals surface area contributed by atoms with Gasteiger partial charge in [0, 0.05) is 25.7 Å². The topological polar surface area (TPSA) is 107 Å². The standard InChI is InChI=1S/C10H11N3O5/c1-3-11(2)10(14)7-4-8(12(15)16)6-9(5-7)13(17)18/h4-6H,3H2,1-2H3. The van der Waals surface area contributed by atoms with Crippen LogP contribution in [0.4, 0.5) is 11.4 Å². The zero-order chi connectivity index (χ0) is 13.9. The molecule has 0 bridgehead atoms. The molecule has 0 fully saturated rings. The molecule has 0 spiro atoms. The van der Waals surface area contributed by atoms with Crippen molar-refractivity contribution in [1.29, 1.82) is 0 Å². The summed E-state index contributed by atoms with van der Waals surface area (Å²) in [5.74, 6) is -0.496. The van der Waals surface area contributed by atoms with E-state index in [4.69, 9.17) is 0 Å². The third-order valence-corrected chi connectivity index (χ3v) is 2.39. The summed E-state index contributed by atoms with van der Waals surface area (Å²) in [5, 5.41) is 21.3. The number of nitrogens with zero attached hydrogens (tertiary/aromatic N) is 3. The molecule has 0 saturated carbocycles. The predicted octanol–water partition coefficient (Wildman–Crippen LogP) is 1.59. The number of carbonyl (C=O) groups is 1. The van der Waals surface area contributed by atoms with Crippen molar-refractivity contribution in [3.05, 3.63) is 44.0 Å². The van der Waals surface area contributed by atoms with Crippen LogP contribution in [-0.4, -0.2) is 34.2 Å². The summed E-state index contributed by atoms with van der Waals surface area (Å²) in [7, 11) is 1.51. The molecule has 0 atom stereocenters. The molecule has 0 aliphatic carbocycles. The highest BCUT2D eigenvalue weighted by atomic mass is 16.6. The van der Waals surface area contributed by atoms with Crippen molar-refractivity contribution >= 4 is 17.3 Å². The maximum Gasteiger partial charge on any atom is 0.277 e. The fourth-order valence-electron chi connectivity index (χ4n) is 1.29. The van der Waals surface area contributed by atoms with E-state index < -0.39 is 27.1 Å². The Hall–Kier alpha value is -2.51. The van der Waals surface area contributed by atoms with Crippen molar-refractivity contribution in [3.8, 4) is 0 Å². The van der Waals surface area contributed by atoms with Gasteiger partial charge in [-0.1, -0.05) is 0 Å². The molecule has 0 aliphatic heterocycles. The molecule has 1 aromatic carbocycles. The molecular formula is C10H11N3O5. The highest BCUT2D eigenvalue weighted by Gasteiger charge is 2.21. The van der Waals surface area contributed by atoms with E-state index in [1.165, 1.54) is 11.9 Å². The van der Waals surface area contributed by atoms with E-state index in [1.54, 1.807) is 6.92 Å². The van der Waals surface area contributed by atoms with Gasteiger partial charge in [0.15, 0.2) is 0 Å². The maximum absolute atomic E-state index is 11.8. The Bertz CT molecular complexity index is 482. The van der Waals surface area contributed by atoms with Crippen LogP contribution in [0.3, 0.4) is 0 Å². The normalized spacial score (nSPS) is 9.89. The van der Waals surface area contributed by atoms with Crippen molar-refractivity contribution in [1.82, 2.24) is 4.90 Å². The Morgan fingerprint density at radius 1 is 1.17 bits per heavy atom. The first kappa shape index (κ1) is 13.6. The minimum Gasteiger partial charge on any atom is -0.342 e. The smallest absolute Gasteiger partial charge is 0.277 e. The first-order valence-electron chi connectivity index (χ1n) is 5.06. The lowest BCUT2D eigenvalue weighted by Crippen LogP contribution is -2.26. The third-order valence-electron chi connectivity index (χ3n) is 2.39. The molecule has 96 valence electrons. The number of nitro groups is 2.